The van der Waals surface area contributed by atoms with Crippen LogP contribution in [-0.2, 0) is 0 Å². The van der Waals surface area contributed by atoms with Crippen molar-refractivity contribution in [3.05, 3.63) is 65.6 Å². The van der Waals surface area contributed by atoms with E-state index in [1.807, 2.05) is 37.2 Å². The first-order chi connectivity index (χ1) is 15.0. The van der Waals surface area contributed by atoms with Gasteiger partial charge in [-0.05, 0) is 20.5 Å². The van der Waals surface area contributed by atoms with Gasteiger partial charge in [-0.25, -0.2) is 8.78 Å². The van der Waals surface area contributed by atoms with Gasteiger partial charge in [-0.2, -0.15) is 19.6 Å². The molecule has 0 aliphatic carbocycles. The molecule has 6 nitrogen and oxygen atoms in total. The monoisotopic (exact) mass is 443 g/mol. The number of aromatic nitrogens is 4. The SMILES string of the molecule is CN(C)CCCOc1cc(F)c(-c2c(Cl)nc3ncnn3c2-c2ccccc2)c(F)c1. The van der Waals surface area contributed by atoms with Crippen LogP contribution < -0.4 is 4.74 Å². The Hall–Kier alpha value is -3.10. The van der Waals surface area contributed by atoms with E-state index in [4.69, 9.17) is 16.3 Å². The number of ether oxygens (including phenoxy) is 1. The van der Waals surface area contributed by atoms with Crippen molar-refractivity contribution in [1.82, 2.24) is 24.5 Å². The van der Waals surface area contributed by atoms with Gasteiger partial charge in [0.1, 0.15) is 28.9 Å². The minimum atomic E-state index is -0.803. The lowest BCUT2D eigenvalue weighted by Gasteiger charge is -2.16. The molecular formula is C22H20ClF2N5O. The van der Waals surface area contributed by atoms with Gasteiger partial charge >= 0.3 is 0 Å². The number of fused-ring (bicyclic) bond motifs is 1. The van der Waals surface area contributed by atoms with Crippen LogP contribution in [0, 0.1) is 11.6 Å². The molecule has 0 saturated heterocycles. The van der Waals surface area contributed by atoms with Gasteiger partial charge < -0.3 is 9.64 Å². The molecule has 0 spiro atoms. The molecule has 0 atom stereocenters. The van der Waals surface area contributed by atoms with Crippen LogP contribution in [0.4, 0.5) is 8.78 Å². The largest absolute Gasteiger partial charge is 0.493 e. The molecule has 2 aromatic carbocycles. The van der Waals surface area contributed by atoms with E-state index in [0.29, 0.717) is 17.9 Å². The number of benzene rings is 2. The highest BCUT2D eigenvalue weighted by Crippen LogP contribution is 2.40. The Morgan fingerprint density at radius 2 is 1.77 bits per heavy atom. The van der Waals surface area contributed by atoms with Crippen molar-refractivity contribution in [2.45, 2.75) is 6.42 Å². The average Bonchev–Trinajstić information content (AvgIpc) is 3.19. The summed E-state index contributed by atoms with van der Waals surface area (Å²) in [5, 5.41) is 4.10. The maximum Gasteiger partial charge on any atom is 0.254 e. The van der Waals surface area contributed by atoms with Gasteiger partial charge in [0.15, 0.2) is 0 Å². The smallest absolute Gasteiger partial charge is 0.254 e. The standard InChI is InChI=1S/C22H20ClF2N5O/c1-29(2)9-6-10-31-15-11-16(24)18(17(25)12-15)19-20(14-7-4-3-5-8-14)30-22(26-13-27-30)28-21(19)23/h3-5,7-8,11-13H,6,9-10H2,1-2H3. The normalized spacial score (nSPS) is 11.4. The van der Waals surface area contributed by atoms with Gasteiger partial charge in [0.25, 0.3) is 5.78 Å². The van der Waals surface area contributed by atoms with E-state index in [1.165, 1.54) is 10.8 Å². The maximum absolute atomic E-state index is 15.2. The van der Waals surface area contributed by atoms with Crippen LogP contribution in [0.15, 0.2) is 48.8 Å². The summed E-state index contributed by atoms with van der Waals surface area (Å²) < 4.78 is 37.3. The van der Waals surface area contributed by atoms with Crippen molar-refractivity contribution in [3.8, 4) is 28.1 Å². The molecule has 160 valence electrons. The third-order valence-electron chi connectivity index (χ3n) is 4.71. The number of hydrogen-bond acceptors (Lipinski definition) is 5. The molecule has 4 rings (SSSR count). The van der Waals surface area contributed by atoms with Crippen LogP contribution in [0.5, 0.6) is 5.75 Å². The minimum Gasteiger partial charge on any atom is -0.493 e. The Morgan fingerprint density at radius 1 is 1.06 bits per heavy atom. The highest BCUT2D eigenvalue weighted by molar-refractivity contribution is 6.33. The van der Waals surface area contributed by atoms with E-state index in [-0.39, 0.29) is 27.8 Å². The molecule has 2 heterocycles. The molecule has 0 aliphatic rings. The quantitative estimate of drug-likeness (QED) is 0.305. The summed E-state index contributed by atoms with van der Waals surface area (Å²) >= 11 is 6.40. The predicted octanol–water partition coefficient (Wildman–Crippen LogP) is 4.72. The van der Waals surface area contributed by atoms with Crippen LogP contribution in [0.2, 0.25) is 5.15 Å². The number of halogens is 3. The predicted molar refractivity (Wildman–Crippen MR) is 115 cm³/mol. The second-order valence-electron chi connectivity index (χ2n) is 7.23. The summed E-state index contributed by atoms with van der Waals surface area (Å²) in [5.41, 5.74) is 0.861. The summed E-state index contributed by atoms with van der Waals surface area (Å²) in [4.78, 5) is 10.2. The third kappa shape index (κ3) is 4.35. The molecule has 31 heavy (non-hydrogen) atoms. The highest BCUT2D eigenvalue weighted by atomic mass is 35.5. The second kappa shape index (κ2) is 8.95. The second-order valence-corrected chi connectivity index (χ2v) is 7.59. The van der Waals surface area contributed by atoms with Gasteiger partial charge in [-0.15, -0.1) is 0 Å². The van der Waals surface area contributed by atoms with Crippen LogP contribution in [0.1, 0.15) is 6.42 Å². The fraction of sp³-hybridized carbons (Fsp3) is 0.227. The van der Waals surface area contributed by atoms with E-state index in [1.54, 1.807) is 12.1 Å². The summed E-state index contributed by atoms with van der Waals surface area (Å²) in [6.45, 7) is 1.15. The molecular weight excluding hydrogens is 424 g/mol. The van der Waals surface area contributed by atoms with Crippen molar-refractivity contribution in [2.24, 2.45) is 0 Å². The lowest BCUT2D eigenvalue weighted by molar-refractivity contribution is 0.279. The molecule has 0 radical (unpaired) electrons. The van der Waals surface area contributed by atoms with E-state index >= 15 is 8.78 Å². The Bertz CT molecular complexity index is 1190. The van der Waals surface area contributed by atoms with E-state index in [9.17, 15) is 0 Å². The first-order valence-electron chi connectivity index (χ1n) is 9.67. The summed E-state index contributed by atoms with van der Waals surface area (Å²) in [7, 11) is 3.89. The molecule has 0 saturated carbocycles. The summed E-state index contributed by atoms with van der Waals surface area (Å²) in [6.07, 6.45) is 2.04. The van der Waals surface area contributed by atoms with Gasteiger partial charge in [0, 0.05) is 24.2 Å². The fourth-order valence-corrected chi connectivity index (χ4v) is 3.60. The lowest BCUT2D eigenvalue weighted by atomic mass is 9.99. The van der Waals surface area contributed by atoms with E-state index in [0.717, 1.165) is 25.1 Å². The highest BCUT2D eigenvalue weighted by Gasteiger charge is 2.25. The molecule has 0 bridgehead atoms. The van der Waals surface area contributed by atoms with E-state index < -0.39 is 11.6 Å². The summed E-state index contributed by atoms with van der Waals surface area (Å²) in [6, 6.07) is 11.4. The van der Waals surface area contributed by atoms with Crippen LogP contribution in [-0.4, -0.2) is 51.7 Å². The molecule has 4 aromatic rings. The van der Waals surface area contributed by atoms with Crippen LogP contribution in [0.25, 0.3) is 28.2 Å². The number of nitrogens with zero attached hydrogens (tertiary/aromatic N) is 5. The molecule has 0 unspecified atom stereocenters. The Labute approximate surface area is 183 Å². The zero-order valence-corrected chi connectivity index (χ0v) is 17.8. The maximum atomic E-state index is 15.2. The van der Waals surface area contributed by atoms with Gasteiger partial charge in [0.05, 0.1) is 23.4 Å². The zero-order valence-electron chi connectivity index (χ0n) is 17.0. The summed E-state index contributed by atoms with van der Waals surface area (Å²) in [5.74, 6) is -1.26. The van der Waals surface area contributed by atoms with Crippen molar-refractivity contribution in [2.75, 3.05) is 27.2 Å². The average molecular weight is 444 g/mol. The van der Waals surface area contributed by atoms with E-state index in [2.05, 4.69) is 15.1 Å². The third-order valence-corrected chi connectivity index (χ3v) is 4.99. The molecule has 0 N–H and O–H groups in total. The number of rotatable bonds is 7. The van der Waals surface area contributed by atoms with Gasteiger partial charge in [-0.3, -0.25) is 0 Å². The zero-order chi connectivity index (χ0) is 22.0. The molecule has 0 aliphatic heterocycles. The lowest BCUT2D eigenvalue weighted by Crippen LogP contribution is -2.15. The minimum absolute atomic E-state index is 0.0724. The molecule has 0 amide bonds. The van der Waals surface area contributed by atoms with Gasteiger partial charge in [-0.1, -0.05) is 41.9 Å². The first-order valence-corrected chi connectivity index (χ1v) is 10.0. The van der Waals surface area contributed by atoms with Crippen molar-refractivity contribution in [1.29, 1.82) is 0 Å². The molecule has 2 aromatic heterocycles. The fourth-order valence-electron chi connectivity index (χ4n) is 3.34. The molecule has 0 fully saturated rings. The van der Waals surface area contributed by atoms with Crippen molar-refractivity contribution in [3.63, 3.8) is 0 Å². The van der Waals surface area contributed by atoms with Crippen molar-refractivity contribution < 1.29 is 13.5 Å². The Kier molecular flexibility index (Phi) is 6.11. The van der Waals surface area contributed by atoms with Crippen molar-refractivity contribution >= 4 is 17.4 Å². The topological polar surface area (TPSA) is 55.5 Å². The Balaban J connectivity index is 1.81. The Morgan fingerprint density at radius 3 is 2.45 bits per heavy atom. The molecule has 9 heteroatoms. The van der Waals surface area contributed by atoms with Crippen LogP contribution >= 0.6 is 11.6 Å². The van der Waals surface area contributed by atoms with Crippen LogP contribution in [0.3, 0.4) is 0 Å². The first kappa shape index (κ1) is 21.1. The van der Waals surface area contributed by atoms with Gasteiger partial charge in [0.2, 0.25) is 0 Å². The number of hydrogen-bond donors (Lipinski definition) is 0.